The largest absolute Gasteiger partial charge is 0.437 e. The summed E-state index contributed by atoms with van der Waals surface area (Å²) in [5, 5.41) is 1.92. The predicted molar refractivity (Wildman–Crippen MR) is 192 cm³/mol. The minimum atomic E-state index is -1.33. The van der Waals surface area contributed by atoms with Gasteiger partial charge in [-0.1, -0.05) is 82.3 Å². The Morgan fingerprint density at radius 2 is 1.39 bits per heavy atom. The smallest absolute Gasteiger partial charge is 0.227 e. The maximum atomic E-state index is 6.60. The molecule has 4 radical (unpaired) electrons. The van der Waals surface area contributed by atoms with Crippen LogP contribution in [0.2, 0.25) is 0 Å². The summed E-state index contributed by atoms with van der Waals surface area (Å²) in [7, 11) is 11.9. The third kappa shape index (κ3) is 5.28. The summed E-state index contributed by atoms with van der Waals surface area (Å²) in [4.78, 5) is 9.67. The molecule has 0 bridgehead atoms. The van der Waals surface area contributed by atoms with E-state index in [2.05, 4.69) is 119 Å². The van der Waals surface area contributed by atoms with Crippen molar-refractivity contribution in [2.75, 3.05) is 18.8 Å². The Hall–Kier alpha value is -3.76. The van der Waals surface area contributed by atoms with Crippen molar-refractivity contribution in [2.45, 2.75) is 44.1 Å². The quantitative estimate of drug-likeness (QED) is 0.173. The highest BCUT2D eigenvalue weighted by Crippen LogP contribution is 2.52. The molecular formula is C38H38B2N2OS. The van der Waals surface area contributed by atoms with E-state index < -0.39 is 14.6 Å². The average Bonchev–Trinajstić information content (AvgIpc) is 3.38. The molecule has 0 atom stereocenters. The normalized spacial score (nSPS) is 12.9. The summed E-state index contributed by atoms with van der Waals surface area (Å²) < 4.78 is 5.44. The lowest BCUT2D eigenvalue weighted by molar-refractivity contribution is 0.652. The molecule has 44 heavy (non-hydrogen) atoms. The maximum absolute atomic E-state index is 6.60. The zero-order chi connectivity index (χ0) is 31.4. The maximum Gasteiger partial charge on any atom is 0.227 e. The Balaban J connectivity index is 1.51. The fourth-order valence-corrected chi connectivity index (χ4v) is 6.62. The van der Waals surface area contributed by atoms with Crippen LogP contribution in [0.5, 0.6) is 0 Å². The van der Waals surface area contributed by atoms with Gasteiger partial charge in [-0.05, 0) is 98.9 Å². The monoisotopic (exact) mass is 592 g/mol. The molecule has 0 N–H and O–H groups in total. The van der Waals surface area contributed by atoms with Gasteiger partial charge in [-0.15, -0.1) is 0 Å². The van der Waals surface area contributed by atoms with Crippen molar-refractivity contribution < 1.29 is 4.42 Å². The van der Waals surface area contributed by atoms with Crippen molar-refractivity contribution in [3.8, 4) is 33.5 Å². The molecule has 0 saturated heterocycles. The van der Waals surface area contributed by atoms with Gasteiger partial charge in [0, 0.05) is 28.2 Å². The van der Waals surface area contributed by atoms with Crippen LogP contribution in [0.3, 0.4) is 0 Å². The van der Waals surface area contributed by atoms with E-state index in [9.17, 15) is 0 Å². The molecule has 0 saturated carbocycles. The molecule has 0 amide bonds. The molecular weight excluding hydrogens is 554 g/mol. The summed E-state index contributed by atoms with van der Waals surface area (Å²) >= 11 is 0. The van der Waals surface area contributed by atoms with Gasteiger partial charge < -0.3 is 4.42 Å². The SMILES string of the molecule is [B]C([B])(c1ccc2c(n1)oc1c(-c3cc(-c4c(C(C)C)cc(-c5ccccc5)cc4C(C)C)ccn3)cccc12)S(C)(C)C. The summed E-state index contributed by atoms with van der Waals surface area (Å²) in [5.74, 6) is 0.683. The van der Waals surface area contributed by atoms with Crippen molar-refractivity contribution in [3.05, 3.63) is 108 Å². The molecule has 6 aromatic rings. The third-order valence-corrected chi connectivity index (χ3v) is 10.9. The first-order chi connectivity index (χ1) is 20.9. The zero-order valence-corrected chi connectivity index (χ0v) is 27.5. The fraction of sp³-hybridized carbons (Fsp3) is 0.263. The molecule has 0 aliphatic carbocycles. The molecule has 3 aromatic heterocycles. The summed E-state index contributed by atoms with van der Waals surface area (Å²) in [6, 6.07) is 29.8. The number of benzene rings is 3. The molecule has 0 spiro atoms. The van der Waals surface area contributed by atoms with Gasteiger partial charge in [0.1, 0.15) is 5.58 Å². The molecule has 3 heterocycles. The number of hydrogen-bond acceptors (Lipinski definition) is 3. The zero-order valence-electron chi connectivity index (χ0n) is 26.7. The van der Waals surface area contributed by atoms with E-state index in [-0.39, 0.29) is 0 Å². The number of furan rings is 1. The van der Waals surface area contributed by atoms with Crippen LogP contribution < -0.4 is 0 Å². The lowest BCUT2D eigenvalue weighted by Crippen LogP contribution is -2.33. The highest BCUT2D eigenvalue weighted by atomic mass is 32.3. The topological polar surface area (TPSA) is 38.9 Å². The number of fused-ring (bicyclic) bond motifs is 3. The van der Waals surface area contributed by atoms with E-state index in [0.29, 0.717) is 23.2 Å². The Morgan fingerprint density at radius 1 is 0.705 bits per heavy atom. The standard InChI is InChI=1S/C38H38B2N2OS/c1-23(2)31-20-27(25-12-9-8-10-13-25)21-32(24(3)4)35(31)26-18-19-41-33(22-26)30-15-11-14-28-29-16-17-34(38(39,40)44(5,6)7)42-37(29)43-36(28)30/h8-24H,1-7H3. The van der Waals surface area contributed by atoms with E-state index in [1.165, 1.54) is 27.8 Å². The van der Waals surface area contributed by atoms with Crippen LogP contribution >= 0.6 is 10.0 Å². The number of nitrogens with zero attached hydrogens (tertiary/aromatic N) is 2. The van der Waals surface area contributed by atoms with E-state index in [1.54, 1.807) is 0 Å². The van der Waals surface area contributed by atoms with Crippen LogP contribution in [0.15, 0.2) is 95.5 Å². The van der Waals surface area contributed by atoms with Crippen LogP contribution in [-0.4, -0.2) is 44.4 Å². The van der Waals surface area contributed by atoms with Gasteiger partial charge in [0.05, 0.1) is 21.4 Å². The van der Waals surface area contributed by atoms with Gasteiger partial charge in [-0.3, -0.25) is 15.0 Å². The lowest BCUT2D eigenvalue weighted by atomic mass is 9.67. The van der Waals surface area contributed by atoms with Gasteiger partial charge in [0.15, 0.2) is 0 Å². The first-order valence-corrected chi connectivity index (χ1v) is 18.0. The summed E-state index contributed by atoms with van der Waals surface area (Å²) in [6.07, 6.45) is 8.20. The van der Waals surface area contributed by atoms with E-state index >= 15 is 0 Å². The molecule has 6 rings (SSSR count). The van der Waals surface area contributed by atoms with Gasteiger partial charge in [-0.2, -0.15) is 0 Å². The van der Waals surface area contributed by atoms with Crippen molar-refractivity contribution in [2.24, 2.45) is 0 Å². The molecule has 3 aromatic carbocycles. The Labute approximate surface area is 265 Å². The highest BCUT2D eigenvalue weighted by molar-refractivity contribution is 8.34. The molecule has 3 nitrogen and oxygen atoms in total. The Bertz CT molecular complexity index is 1960. The first kappa shape index (κ1) is 30.3. The van der Waals surface area contributed by atoms with Gasteiger partial charge in [0.25, 0.3) is 0 Å². The average molecular weight is 592 g/mol. The van der Waals surface area contributed by atoms with Crippen LogP contribution in [-0.2, 0) is 4.55 Å². The molecule has 6 heteroatoms. The molecule has 0 unspecified atom stereocenters. The lowest BCUT2D eigenvalue weighted by Gasteiger charge is -2.44. The second-order valence-electron chi connectivity index (χ2n) is 13.1. The minimum absolute atomic E-state index is 0.342. The molecule has 0 aliphatic heterocycles. The van der Waals surface area contributed by atoms with Crippen molar-refractivity contribution in [1.29, 1.82) is 0 Å². The number of pyridine rings is 2. The Kier molecular flexibility index (Phi) is 7.78. The Morgan fingerprint density at radius 3 is 2.02 bits per heavy atom. The third-order valence-electron chi connectivity index (χ3n) is 8.65. The fourth-order valence-electron chi connectivity index (χ4n) is 5.87. The van der Waals surface area contributed by atoms with E-state index in [0.717, 1.165) is 33.2 Å². The second kappa shape index (κ2) is 11.3. The van der Waals surface area contributed by atoms with E-state index in [1.807, 2.05) is 18.3 Å². The van der Waals surface area contributed by atoms with Crippen LogP contribution in [0.25, 0.3) is 55.6 Å². The number of hydrogen-bond donors (Lipinski definition) is 0. The van der Waals surface area contributed by atoms with Crippen LogP contribution in [0.4, 0.5) is 0 Å². The van der Waals surface area contributed by atoms with Gasteiger partial charge in [0.2, 0.25) is 5.71 Å². The summed E-state index contributed by atoms with van der Waals surface area (Å²) in [6.45, 7) is 9.09. The first-order valence-electron chi connectivity index (χ1n) is 15.1. The molecule has 0 fully saturated rings. The van der Waals surface area contributed by atoms with Crippen molar-refractivity contribution >= 4 is 47.8 Å². The number of rotatable bonds is 7. The van der Waals surface area contributed by atoms with Crippen LogP contribution in [0, 0.1) is 0 Å². The second-order valence-corrected chi connectivity index (χ2v) is 17.4. The summed E-state index contributed by atoms with van der Waals surface area (Å²) in [5.41, 5.74) is 11.3. The molecule has 0 aliphatic rings. The highest BCUT2D eigenvalue weighted by Gasteiger charge is 2.31. The van der Waals surface area contributed by atoms with Gasteiger partial charge >= 0.3 is 0 Å². The number of para-hydroxylation sites is 1. The van der Waals surface area contributed by atoms with E-state index in [4.69, 9.17) is 30.1 Å². The van der Waals surface area contributed by atoms with Crippen molar-refractivity contribution in [3.63, 3.8) is 0 Å². The van der Waals surface area contributed by atoms with Crippen LogP contribution in [0.1, 0.15) is 56.4 Å². The number of aromatic nitrogens is 2. The predicted octanol–water partition coefficient (Wildman–Crippen LogP) is 9.77. The van der Waals surface area contributed by atoms with Gasteiger partial charge in [-0.25, -0.2) is 4.98 Å². The van der Waals surface area contributed by atoms with Crippen molar-refractivity contribution in [1.82, 2.24) is 9.97 Å². The molecule has 218 valence electrons. The minimum Gasteiger partial charge on any atom is -0.437 e.